The van der Waals surface area contributed by atoms with Crippen molar-refractivity contribution < 1.29 is 48.7 Å². The third-order valence-electron chi connectivity index (χ3n) is 1.02. The molecule has 1 aliphatic rings. The quantitative estimate of drug-likeness (QED) is 0.268. The van der Waals surface area contributed by atoms with Gasteiger partial charge in [-0.25, -0.2) is 0 Å². The smallest absolute Gasteiger partial charge is 0.379 e. The maximum Gasteiger partial charge on any atom is 0.692 e. The van der Waals surface area contributed by atoms with Crippen LogP contribution in [-0.4, -0.2) is 62.0 Å². The molecule has 0 aromatic carbocycles. The van der Waals surface area contributed by atoms with Gasteiger partial charge in [0, 0.05) is 17.7 Å². The number of hydrogen-bond donors (Lipinski definition) is 5. The average Bonchev–Trinajstić information content (AvgIpc) is 2.14. The van der Waals surface area contributed by atoms with Crippen LogP contribution in [0.25, 0.3) is 0 Å². The zero-order valence-corrected chi connectivity index (χ0v) is 11.8. The van der Waals surface area contributed by atoms with Crippen LogP contribution >= 0.6 is 8.25 Å². The second-order valence-electron chi connectivity index (χ2n) is 2.54. The molecule has 0 aliphatic carbocycles. The SMILES string of the molecule is C1COCCN1.O=S(=O)(O)OS(=O)(=O)O.O=[P+](O)O. The molecule has 1 rings (SSSR count). The monoisotopic (exact) mass is 346 g/mol. The predicted molar refractivity (Wildman–Crippen MR) is 59.9 cm³/mol. The highest BCUT2D eigenvalue weighted by Gasteiger charge is 2.15. The molecular weight excluding hydrogens is 333 g/mol. The van der Waals surface area contributed by atoms with E-state index in [4.69, 9.17) is 28.2 Å². The lowest BCUT2D eigenvalue weighted by Crippen LogP contribution is -2.30. The van der Waals surface area contributed by atoms with Gasteiger partial charge in [-0.3, -0.25) is 9.11 Å². The summed E-state index contributed by atoms with van der Waals surface area (Å²) in [5.41, 5.74) is 0. The molecule has 1 aliphatic heterocycles. The highest BCUT2D eigenvalue weighted by molar-refractivity contribution is 7.94. The fourth-order valence-corrected chi connectivity index (χ4v) is 1.49. The normalized spacial score (nSPS) is 15.4. The summed E-state index contributed by atoms with van der Waals surface area (Å²) in [6, 6.07) is 0. The number of morpholine rings is 1. The molecule has 0 amide bonds. The Bertz CT molecular complexity index is 394. The molecule has 1 fully saturated rings. The molecule has 0 bridgehead atoms. The lowest BCUT2D eigenvalue weighted by Gasteiger charge is -2.10. The van der Waals surface area contributed by atoms with Crippen molar-refractivity contribution in [1.29, 1.82) is 0 Å². The standard InChI is InChI=1S/C4H9NO.H2O7S2.HO3P/c1-3-6-4-2-5-1;1-8(2,3)7-9(4,5)6;1-4(2)3/h5H,1-4H2;(H,1,2,3)(H,4,5,6);(H-,1,2,3)/p+1. The Morgan fingerprint density at radius 2 is 1.32 bits per heavy atom. The molecule has 1 heterocycles. The van der Waals surface area contributed by atoms with Gasteiger partial charge < -0.3 is 10.1 Å². The Kier molecular flexibility index (Phi) is 11.6. The molecule has 0 aromatic heterocycles. The number of hydrogen-bond acceptors (Lipinski definition) is 8. The van der Waals surface area contributed by atoms with Gasteiger partial charge in [-0.1, -0.05) is 0 Å². The van der Waals surface area contributed by atoms with Crippen molar-refractivity contribution in [1.82, 2.24) is 5.32 Å². The van der Waals surface area contributed by atoms with Crippen LogP contribution in [-0.2, 0) is 33.7 Å². The van der Waals surface area contributed by atoms with Crippen LogP contribution in [0.1, 0.15) is 0 Å². The van der Waals surface area contributed by atoms with Gasteiger partial charge in [0.1, 0.15) is 0 Å². The molecule has 19 heavy (non-hydrogen) atoms. The molecule has 15 heteroatoms. The summed E-state index contributed by atoms with van der Waals surface area (Å²) in [4.78, 5) is 14.2. The minimum Gasteiger partial charge on any atom is -0.379 e. The van der Waals surface area contributed by atoms with Gasteiger partial charge in [0.25, 0.3) is 0 Å². The molecule has 12 nitrogen and oxygen atoms in total. The topological polar surface area (TPSA) is 197 Å². The second-order valence-corrected chi connectivity index (χ2v) is 5.30. The largest absolute Gasteiger partial charge is 0.692 e. The molecule has 0 atom stereocenters. The highest BCUT2D eigenvalue weighted by Crippen LogP contribution is 1.98. The summed E-state index contributed by atoms with van der Waals surface area (Å²) < 4.78 is 69.3. The zero-order valence-electron chi connectivity index (χ0n) is 9.24. The van der Waals surface area contributed by atoms with Crippen LogP contribution in [0.5, 0.6) is 0 Å². The number of ether oxygens (including phenoxy) is 1. The third-order valence-corrected chi connectivity index (χ3v) is 2.39. The zero-order chi connectivity index (χ0) is 15.5. The van der Waals surface area contributed by atoms with E-state index in [0.717, 1.165) is 26.3 Å². The van der Waals surface area contributed by atoms with E-state index in [9.17, 15) is 16.8 Å². The van der Waals surface area contributed by atoms with Gasteiger partial charge in [-0.15, -0.1) is 13.4 Å². The fraction of sp³-hybridized carbons (Fsp3) is 1.00. The van der Waals surface area contributed by atoms with E-state index in [1.807, 2.05) is 0 Å². The summed E-state index contributed by atoms with van der Waals surface area (Å²) in [6.45, 7) is 3.83. The van der Waals surface area contributed by atoms with Gasteiger partial charge >= 0.3 is 29.1 Å². The molecule has 116 valence electrons. The summed E-state index contributed by atoms with van der Waals surface area (Å²) in [7, 11) is -13.1. The lowest BCUT2D eigenvalue weighted by atomic mass is 10.5. The van der Waals surface area contributed by atoms with E-state index in [0.29, 0.717) is 0 Å². The molecule has 0 aromatic rings. The van der Waals surface area contributed by atoms with E-state index >= 15 is 0 Å². The first-order valence-corrected chi connectivity index (χ1v) is 8.13. The summed E-state index contributed by atoms with van der Waals surface area (Å²) in [5, 5.41) is 3.16. The third kappa shape index (κ3) is 31.9. The van der Waals surface area contributed by atoms with Crippen LogP contribution in [0.15, 0.2) is 0 Å². The van der Waals surface area contributed by atoms with Gasteiger partial charge in [-0.2, -0.15) is 16.8 Å². The molecule has 1 saturated heterocycles. The lowest BCUT2D eigenvalue weighted by molar-refractivity contribution is 0.109. The van der Waals surface area contributed by atoms with Gasteiger partial charge in [-0.05, 0) is 0 Å². The van der Waals surface area contributed by atoms with Crippen molar-refractivity contribution in [2.24, 2.45) is 0 Å². The molecule has 0 saturated carbocycles. The van der Waals surface area contributed by atoms with E-state index in [2.05, 4.69) is 8.95 Å². The summed E-state index contributed by atoms with van der Waals surface area (Å²) >= 11 is 0. The van der Waals surface area contributed by atoms with E-state index < -0.39 is 29.1 Å². The van der Waals surface area contributed by atoms with Gasteiger partial charge in [0.15, 0.2) is 0 Å². The van der Waals surface area contributed by atoms with Gasteiger partial charge in [0.05, 0.1) is 13.2 Å². The number of rotatable bonds is 2. The molecule has 0 radical (unpaired) electrons. The highest BCUT2D eigenvalue weighted by atomic mass is 32.3. The first kappa shape index (κ1) is 21.0. The average molecular weight is 346 g/mol. The van der Waals surface area contributed by atoms with Crippen LogP contribution in [0.3, 0.4) is 0 Å². The Balaban J connectivity index is 0. The molecular formula is C4H13NO11PS2+. The minimum absolute atomic E-state index is 0.889. The Morgan fingerprint density at radius 1 is 1.00 bits per heavy atom. The van der Waals surface area contributed by atoms with Crippen molar-refractivity contribution >= 4 is 29.1 Å². The number of nitrogens with one attached hydrogen (secondary N) is 1. The fourth-order valence-electron chi connectivity index (χ4n) is 0.624. The van der Waals surface area contributed by atoms with Crippen molar-refractivity contribution in [2.45, 2.75) is 0 Å². The van der Waals surface area contributed by atoms with Gasteiger partial charge in [0.2, 0.25) is 0 Å². The first-order chi connectivity index (χ1) is 8.44. The van der Waals surface area contributed by atoms with Crippen molar-refractivity contribution in [3.8, 4) is 0 Å². The summed E-state index contributed by atoms with van der Waals surface area (Å²) in [6.07, 6.45) is 0. The van der Waals surface area contributed by atoms with E-state index in [-0.39, 0.29) is 0 Å². The molecule has 0 unspecified atom stereocenters. The van der Waals surface area contributed by atoms with Crippen LogP contribution in [0.2, 0.25) is 0 Å². The predicted octanol–water partition coefficient (Wildman–Crippen LogP) is -2.16. The Hall–Kier alpha value is -0.280. The van der Waals surface area contributed by atoms with Crippen molar-refractivity contribution in [3.63, 3.8) is 0 Å². The molecule has 5 N–H and O–H groups in total. The van der Waals surface area contributed by atoms with Crippen LogP contribution in [0.4, 0.5) is 0 Å². The molecule has 0 spiro atoms. The van der Waals surface area contributed by atoms with Crippen molar-refractivity contribution in [2.75, 3.05) is 26.3 Å². The van der Waals surface area contributed by atoms with Crippen molar-refractivity contribution in [3.05, 3.63) is 0 Å². The maximum absolute atomic E-state index is 9.44. The van der Waals surface area contributed by atoms with Crippen LogP contribution in [0, 0.1) is 0 Å². The first-order valence-electron chi connectivity index (χ1n) is 4.23. The Labute approximate surface area is 110 Å². The van der Waals surface area contributed by atoms with E-state index in [1.165, 1.54) is 0 Å². The second kappa shape index (κ2) is 10.5. The summed E-state index contributed by atoms with van der Waals surface area (Å²) in [5.74, 6) is 0. The Morgan fingerprint density at radius 3 is 1.37 bits per heavy atom. The van der Waals surface area contributed by atoms with Crippen LogP contribution < -0.4 is 5.32 Å². The minimum atomic E-state index is -5.12. The van der Waals surface area contributed by atoms with E-state index in [1.54, 1.807) is 0 Å². The maximum atomic E-state index is 9.44.